The number of rotatable bonds is 3. The molecule has 3 heterocycles. The van der Waals surface area contributed by atoms with Gasteiger partial charge in [0.25, 0.3) is 0 Å². The van der Waals surface area contributed by atoms with Gasteiger partial charge in [-0.3, -0.25) is 9.69 Å². The number of carbonyl (C=O) groups is 1. The number of amides is 1. The molecule has 0 unspecified atom stereocenters. The fourth-order valence-electron chi connectivity index (χ4n) is 3.58. The van der Waals surface area contributed by atoms with Crippen LogP contribution in [0.5, 0.6) is 0 Å². The molecule has 0 aliphatic carbocycles. The first-order valence-electron chi connectivity index (χ1n) is 9.51. The van der Waals surface area contributed by atoms with E-state index in [-0.39, 0.29) is 5.91 Å². The van der Waals surface area contributed by atoms with Crippen LogP contribution in [0.3, 0.4) is 0 Å². The quantitative estimate of drug-likeness (QED) is 0.812. The van der Waals surface area contributed by atoms with E-state index in [1.807, 2.05) is 28.8 Å². The number of para-hydroxylation sites is 1. The fourth-order valence-corrected chi connectivity index (χ4v) is 4.70. The van der Waals surface area contributed by atoms with Crippen LogP contribution < -0.4 is 9.80 Å². The monoisotopic (exact) mass is 383 g/mol. The van der Waals surface area contributed by atoms with Crippen molar-refractivity contribution in [2.75, 3.05) is 49.1 Å². The van der Waals surface area contributed by atoms with E-state index < -0.39 is 0 Å². The number of nitrogens with zero attached hydrogens (tertiary/aromatic N) is 5. The van der Waals surface area contributed by atoms with Crippen molar-refractivity contribution in [2.45, 2.75) is 23.5 Å². The van der Waals surface area contributed by atoms with Crippen molar-refractivity contribution >= 4 is 29.3 Å². The van der Waals surface area contributed by atoms with Gasteiger partial charge >= 0.3 is 0 Å². The van der Waals surface area contributed by atoms with Crippen LogP contribution in [0.25, 0.3) is 0 Å². The van der Waals surface area contributed by atoms with Crippen molar-refractivity contribution in [1.29, 1.82) is 0 Å². The third-order valence-corrected chi connectivity index (χ3v) is 6.35. The van der Waals surface area contributed by atoms with E-state index in [4.69, 9.17) is 0 Å². The predicted octanol–water partition coefficient (Wildman–Crippen LogP) is 2.52. The Morgan fingerprint density at radius 2 is 1.81 bits per heavy atom. The van der Waals surface area contributed by atoms with E-state index in [1.54, 1.807) is 12.4 Å². The molecule has 2 aromatic rings. The third-order valence-electron chi connectivity index (χ3n) is 5.11. The summed E-state index contributed by atoms with van der Waals surface area (Å²) in [5.74, 6) is 0.970. The summed E-state index contributed by atoms with van der Waals surface area (Å²) in [6.07, 6.45) is 4.56. The van der Waals surface area contributed by atoms with Crippen LogP contribution in [-0.2, 0) is 4.79 Å². The second kappa shape index (κ2) is 8.27. The molecule has 7 heteroatoms. The van der Waals surface area contributed by atoms with Gasteiger partial charge in [0.15, 0.2) is 0 Å². The van der Waals surface area contributed by atoms with Gasteiger partial charge in [0.1, 0.15) is 0 Å². The molecule has 1 aromatic carbocycles. The highest BCUT2D eigenvalue weighted by Gasteiger charge is 2.27. The van der Waals surface area contributed by atoms with Crippen LogP contribution in [0.15, 0.2) is 47.6 Å². The number of carbonyl (C=O) groups excluding carboxylic acids is 1. The third kappa shape index (κ3) is 4.25. The average molecular weight is 384 g/mol. The number of hydrogen-bond donors (Lipinski definition) is 0. The zero-order chi connectivity index (χ0) is 18.6. The smallest absolute Gasteiger partial charge is 0.241 e. The standard InChI is InChI=1S/C20H25N5OS/c1-16-7-10-25(17-5-2-3-6-18(17)27-16)19(26)15-23-11-13-24(14-12-23)20-21-8-4-9-22-20/h2-6,8-9,16H,7,10-15H2,1H3/t16-/m1/s1. The Balaban J connectivity index is 1.39. The zero-order valence-corrected chi connectivity index (χ0v) is 16.4. The predicted molar refractivity (Wildman–Crippen MR) is 109 cm³/mol. The van der Waals surface area contributed by atoms with Crippen molar-refractivity contribution in [2.24, 2.45) is 0 Å². The average Bonchev–Trinajstić information content (AvgIpc) is 2.87. The first-order chi connectivity index (χ1) is 13.2. The van der Waals surface area contributed by atoms with E-state index in [9.17, 15) is 4.79 Å². The van der Waals surface area contributed by atoms with Crippen molar-refractivity contribution < 1.29 is 4.79 Å². The molecule has 0 bridgehead atoms. The molecule has 2 aliphatic heterocycles. The first-order valence-corrected chi connectivity index (χ1v) is 10.4. The Hall–Kier alpha value is -2.12. The van der Waals surface area contributed by atoms with Gasteiger partial charge in [-0.2, -0.15) is 0 Å². The minimum Gasteiger partial charge on any atom is -0.338 e. The molecule has 4 rings (SSSR count). The SMILES string of the molecule is C[C@@H]1CCN(C(=O)CN2CCN(c3ncccn3)CC2)c2ccccc2S1. The largest absolute Gasteiger partial charge is 0.338 e. The van der Waals surface area contributed by atoms with E-state index >= 15 is 0 Å². The van der Waals surface area contributed by atoms with Gasteiger partial charge in [0.05, 0.1) is 12.2 Å². The molecule has 6 nitrogen and oxygen atoms in total. The summed E-state index contributed by atoms with van der Waals surface area (Å²) in [4.78, 5) is 29.3. The molecule has 2 aliphatic rings. The van der Waals surface area contributed by atoms with Crippen LogP contribution in [0.4, 0.5) is 11.6 Å². The van der Waals surface area contributed by atoms with Crippen molar-refractivity contribution in [3.63, 3.8) is 0 Å². The Morgan fingerprint density at radius 3 is 2.59 bits per heavy atom. The van der Waals surface area contributed by atoms with Crippen LogP contribution in [0, 0.1) is 0 Å². The Morgan fingerprint density at radius 1 is 1.07 bits per heavy atom. The summed E-state index contributed by atoms with van der Waals surface area (Å²) >= 11 is 1.87. The number of fused-ring (bicyclic) bond motifs is 1. The Labute approximate surface area is 164 Å². The van der Waals surface area contributed by atoms with Gasteiger partial charge in [0.2, 0.25) is 11.9 Å². The molecule has 1 fully saturated rings. The van der Waals surface area contributed by atoms with Crippen LogP contribution in [-0.4, -0.2) is 65.3 Å². The van der Waals surface area contributed by atoms with Crippen molar-refractivity contribution in [1.82, 2.24) is 14.9 Å². The molecule has 0 saturated carbocycles. The number of anilines is 2. The molecule has 0 spiro atoms. The number of thioether (sulfide) groups is 1. The summed E-state index contributed by atoms with van der Waals surface area (Å²) in [7, 11) is 0. The molecule has 0 radical (unpaired) electrons. The van der Waals surface area contributed by atoms with Gasteiger partial charge in [-0.1, -0.05) is 19.1 Å². The number of hydrogen-bond acceptors (Lipinski definition) is 6. The van der Waals surface area contributed by atoms with Gasteiger partial charge < -0.3 is 9.80 Å². The topological polar surface area (TPSA) is 52.6 Å². The highest BCUT2D eigenvalue weighted by Crippen LogP contribution is 2.37. The van der Waals surface area contributed by atoms with Gasteiger partial charge in [0, 0.05) is 55.3 Å². The van der Waals surface area contributed by atoms with Crippen molar-refractivity contribution in [3.8, 4) is 0 Å². The lowest BCUT2D eigenvalue weighted by atomic mass is 10.2. The molecular formula is C20H25N5OS. The van der Waals surface area contributed by atoms with Crippen LogP contribution in [0.2, 0.25) is 0 Å². The number of aromatic nitrogens is 2. The van der Waals surface area contributed by atoms with Gasteiger partial charge in [-0.25, -0.2) is 9.97 Å². The van der Waals surface area contributed by atoms with Crippen LogP contribution >= 0.6 is 11.8 Å². The molecule has 1 aromatic heterocycles. The summed E-state index contributed by atoms with van der Waals surface area (Å²) in [5, 5.41) is 0.526. The maximum atomic E-state index is 13.1. The van der Waals surface area contributed by atoms with E-state index in [0.29, 0.717) is 11.8 Å². The first kappa shape index (κ1) is 18.3. The highest BCUT2D eigenvalue weighted by atomic mass is 32.2. The molecule has 1 amide bonds. The molecule has 27 heavy (non-hydrogen) atoms. The number of benzene rings is 1. The molecule has 1 atom stereocenters. The molecular weight excluding hydrogens is 358 g/mol. The second-order valence-electron chi connectivity index (χ2n) is 7.04. The van der Waals surface area contributed by atoms with Crippen molar-refractivity contribution in [3.05, 3.63) is 42.7 Å². The Bertz CT molecular complexity index is 779. The van der Waals surface area contributed by atoms with E-state index in [2.05, 4.69) is 44.9 Å². The summed E-state index contributed by atoms with van der Waals surface area (Å²) in [6, 6.07) is 10.1. The highest BCUT2D eigenvalue weighted by molar-refractivity contribution is 8.00. The number of piperazine rings is 1. The van der Waals surface area contributed by atoms with Crippen LogP contribution in [0.1, 0.15) is 13.3 Å². The van der Waals surface area contributed by atoms with Gasteiger partial charge in [-0.05, 0) is 24.6 Å². The van der Waals surface area contributed by atoms with E-state index in [1.165, 1.54) is 4.90 Å². The lowest BCUT2D eigenvalue weighted by Crippen LogP contribution is -2.50. The lowest BCUT2D eigenvalue weighted by molar-refractivity contribution is -0.119. The fraction of sp³-hybridized carbons (Fsp3) is 0.450. The van der Waals surface area contributed by atoms with E-state index in [0.717, 1.165) is 50.8 Å². The normalized spacial score (nSPS) is 20.9. The zero-order valence-electron chi connectivity index (χ0n) is 15.6. The maximum absolute atomic E-state index is 13.1. The maximum Gasteiger partial charge on any atom is 0.241 e. The molecule has 0 N–H and O–H groups in total. The minimum atomic E-state index is 0.196. The molecule has 142 valence electrons. The summed E-state index contributed by atoms with van der Waals surface area (Å²) in [6.45, 7) is 6.90. The summed E-state index contributed by atoms with van der Waals surface area (Å²) in [5.41, 5.74) is 1.06. The Kier molecular flexibility index (Phi) is 5.59. The summed E-state index contributed by atoms with van der Waals surface area (Å²) < 4.78 is 0. The lowest BCUT2D eigenvalue weighted by Gasteiger charge is -2.35. The minimum absolute atomic E-state index is 0.196. The van der Waals surface area contributed by atoms with Gasteiger partial charge in [-0.15, -0.1) is 11.8 Å². The molecule has 1 saturated heterocycles. The second-order valence-corrected chi connectivity index (χ2v) is 8.52.